The number of nitrogens with zero attached hydrogens (tertiary/aromatic N) is 1. The van der Waals surface area contributed by atoms with E-state index in [4.69, 9.17) is 9.47 Å². The zero-order valence-electron chi connectivity index (χ0n) is 12.6. The monoisotopic (exact) mass is 275 g/mol. The predicted octanol–water partition coefficient (Wildman–Crippen LogP) is 3.03. The van der Waals surface area contributed by atoms with Gasteiger partial charge in [-0.3, -0.25) is 4.90 Å². The molecular formula is C17H25NO2. The number of rotatable bonds is 7. The molecule has 1 aromatic rings. The van der Waals surface area contributed by atoms with Crippen molar-refractivity contribution in [1.82, 2.24) is 4.90 Å². The van der Waals surface area contributed by atoms with Gasteiger partial charge in [0.1, 0.15) is 5.75 Å². The lowest BCUT2D eigenvalue weighted by Gasteiger charge is -2.21. The summed E-state index contributed by atoms with van der Waals surface area (Å²) in [4.78, 5) is 2.33. The third-order valence-electron chi connectivity index (χ3n) is 3.70. The Labute approximate surface area is 122 Å². The van der Waals surface area contributed by atoms with E-state index in [1.54, 1.807) is 7.11 Å². The summed E-state index contributed by atoms with van der Waals surface area (Å²) in [5.41, 5.74) is 2.51. The summed E-state index contributed by atoms with van der Waals surface area (Å²) in [6.07, 6.45) is 5.55. The fraction of sp³-hybridized carbons (Fsp3) is 0.529. The molecule has 2 rings (SSSR count). The minimum atomic E-state index is 0.408. The third-order valence-corrected chi connectivity index (χ3v) is 3.70. The molecule has 1 aliphatic heterocycles. The average molecular weight is 275 g/mol. The molecule has 0 amide bonds. The molecule has 3 nitrogen and oxygen atoms in total. The van der Waals surface area contributed by atoms with Crippen molar-refractivity contribution in [1.29, 1.82) is 0 Å². The molecule has 1 fully saturated rings. The summed E-state index contributed by atoms with van der Waals surface area (Å²) in [5, 5.41) is 0. The fourth-order valence-corrected chi connectivity index (χ4v) is 2.76. The normalized spacial score (nSPS) is 18.4. The van der Waals surface area contributed by atoms with E-state index < -0.39 is 0 Å². The van der Waals surface area contributed by atoms with Crippen LogP contribution in [0.2, 0.25) is 0 Å². The van der Waals surface area contributed by atoms with Crippen molar-refractivity contribution in [3.63, 3.8) is 0 Å². The van der Waals surface area contributed by atoms with Gasteiger partial charge >= 0.3 is 0 Å². The van der Waals surface area contributed by atoms with Gasteiger partial charge in [0.15, 0.2) is 0 Å². The highest BCUT2D eigenvalue weighted by Crippen LogP contribution is 2.22. The quantitative estimate of drug-likeness (QED) is 0.714. The molecule has 1 aromatic carbocycles. The third kappa shape index (κ3) is 4.09. The van der Waals surface area contributed by atoms with Crippen molar-refractivity contribution in [2.75, 3.05) is 27.3 Å². The fourth-order valence-electron chi connectivity index (χ4n) is 2.76. The summed E-state index contributed by atoms with van der Waals surface area (Å²) in [5.74, 6) is 0.940. The van der Waals surface area contributed by atoms with Crippen molar-refractivity contribution >= 4 is 0 Å². The smallest absolute Gasteiger partial charge is 0.122 e. The lowest BCUT2D eigenvalue weighted by Crippen LogP contribution is -2.28. The van der Waals surface area contributed by atoms with Crippen LogP contribution in [0.5, 0.6) is 5.75 Å². The van der Waals surface area contributed by atoms with Gasteiger partial charge in [-0.2, -0.15) is 0 Å². The predicted molar refractivity (Wildman–Crippen MR) is 82.2 cm³/mol. The number of hydrogen-bond acceptors (Lipinski definition) is 3. The van der Waals surface area contributed by atoms with Crippen molar-refractivity contribution in [2.24, 2.45) is 0 Å². The molecule has 0 aromatic heterocycles. The molecule has 1 saturated heterocycles. The largest absolute Gasteiger partial charge is 0.496 e. The zero-order valence-corrected chi connectivity index (χ0v) is 12.6. The van der Waals surface area contributed by atoms with Crippen LogP contribution in [0.15, 0.2) is 30.9 Å². The van der Waals surface area contributed by atoms with Crippen molar-refractivity contribution in [2.45, 2.75) is 31.9 Å². The highest BCUT2D eigenvalue weighted by atomic mass is 16.5. The number of likely N-dealkylation sites (N-methyl/N-ethyl adjacent to an activating group) is 1. The molecule has 1 heterocycles. The van der Waals surface area contributed by atoms with E-state index in [2.05, 4.69) is 30.7 Å². The maximum absolute atomic E-state index is 5.69. The first kappa shape index (κ1) is 15.1. The summed E-state index contributed by atoms with van der Waals surface area (Å²) < 4.78 is 11.1. The van der Waals surface area contributed by atoms with Crippen LogP contribution in [0.1, 0.15) is 24.0 Å². The number of benzene rings is 1. The molecule has 110 valence electrons. The highest BCUT2D eigenvalue weighted by molar-refractivity contribution is 5.38. The Morgan fingerprint density at radius 1 is 1.50 bits per heavy atom. The summed E-state index contributed by atoms with van der Waals surface area (Å²) in [6, 6.07) is 6.40. The Bertz CT molecular complexity index is 439. The van der Waals surface area contributed by atoms with Crippen LogP contribution in [-0.2, 0) is 17.7 Å². The topological polar surface area (TPSA) is 21.7 Å². The molecule has 0 N–H and O–H groups in total. The minimum absolute atomic E-state index is 0.408. The van der Waals surface area contributed by atoms with Crippen LogP contribution in [0.25, 0.3) is 0 Å². The molecule has 0 spiro atoms. The van der Waals surface area contributed by atoms with E-state index in [0.717, 1.165) is 31.9 Å². The molecule has 0 aliphatic carbocycles. The van der Waals surface area contributed by atoms with Gasteiger partial charge in [-0.25, -0.2) is 0 Å². The number of hydrogen-bond donors (Lipinski definition) is 0. The van der Waals surface area contributed by atoms with Gasteiger partial charge < -0.3 is 9.47 Å². The van der Waals surface area contributed by atoms with Gasteiger partial charge in [-0.15, -0.1) is 6.58 Å². The SMILES string of the molecule is C=CCc1cc(CN(C)CC2CCCO2)ccc1OC. The zero-order chi connectivity index (χ0) is 14.4. The molecular weight excluding hydrogens is 250 g/mol. The van der Waals surface area contributed by atoms with Crippen LogP contribution in [0.4, 0.5) is 0 Å². The Morgan fingerprint density at radius 3 is 3.00 bits per heavy atom. The van der Waals surface area contributed by atoms with E-state index in [1.807, 2.05) is 12.1 Å². The minimum Gasteiger partial charge on any atom is -0.496 e. The summed E-state index contributed by atoms with van der Waals surface area (Å²) >= 11 is 0. The molecule has 0 bridgehead atoms. The second kappa shape index (κ2) is 7.46. The molecule has 1 unspecified atom stereocenters. The summed E-state index contributed by atoms with van der Waals surface area (Å²) in [7, 11) is 3.87. The van der Waals surface area contributed by atoms with E-state index in [0.29, 0.717) is 6.10 Å². The van der Waals surface area contributed by atoms with Gasteiger partial charge in [-0.05, 0) is 43.5 Å². The Morgan fingerprint density at radius 2 is 2.35 bits per heavy atom. The standard InChI is InChI=1S/C17H25NO2/c1-4-6-15-11-14(8-9-17(15)19-3)12-18(2)13-16-7-5-10-20-16/h4,8-9,11,16H,1,5-7,10,12-13H2,2-3H3. The Balaban J connectivity index is 1.97. The lowest BCUT2D eigenvalue weighted by molar-refractivity contribution is 0.0793. The van der Waals surface area contributed by atoms with E-state index >= 15 is 0 Å². The molecule has 0 saturated carbocycles. The average Bonchev–Trinajstić information content (AvgIpc) is 2.92. The van der Waals surface area contributed by atoms with Gasteiger partial charge in [-0.1, -0.05) is 18.2 Å². The number of allylic oxidation sites excluding steroid dienone is 1. The highest BCUT2D eigenvalue weighted by Gasteiger charge is 2.17. The second-order valence-corrected chi connectivity index (χ2v) is 5.47. The Hall–Kier alpha value is -1.32. The molecule has 0 radical (unpaired) electrons. The van der Waals surface area contributed by atoms with Gasteiger partial charge in [0.2, 0.25) is 0 Å². The van der Waals surface area contributed by atoms with Gasteiger partial charge in [0.25, 0.3) is 0 Å². The number of methoxy groups -OCH3 is 1. The van der Waals surface area contributed by atoms with Crippen molar-refractivity contribution in [3.05, 3.63) is 42.0 Å². The summed E-state index contributed by atoms with van der Waals surface area (Å²) in [6.45, 7) is 6.67. The van der Waals surface area contributed by atoms with E-state index in [9.17, 15) is 0 Å². The maximum Gasteiger partial charge on any atom is 0.122 e. The van der Waals surface area contributed by atoms with Crippen LogP contribution in [0.3, 0.4) is 0 Å². The molecule has 3 heteroatoms. The van der Waals surface area contributed by atoms with Crippen LogP contribution in [-0.4, -0.2) is 38.3 Å². The van der Waals surface area contributed by atoms with Gasteiger partial charge in [0.05, 0.1) is 13.2 Å². The van der Waals surface area contributed by atoms with Gasteiger partial charge in [0, 0.05) is 19.7 Å². The lowest BCUT2D eigenvalue weighted by atomic mass is 10.1. The maximum atomic E-state index is 5.69. The molecule has 1 atom stereocenters. The first-order valence-electron chi connectivity index (χ1n) is 7.29. The first-order chi connectivity index (χ1) is 9.72. The van der Waals surface area contributed by atoms with E-state index in [-0.39, 0.29) is 0 Å². The van der Waals surface area contributed by atoms with Crippen LogP contribution >= 0.6 is 0 Å². The molecule has 1 aliphatic rings. The number of ether oxygens (including phenoxy) is 2. The van der Waals surface area contributed by atoms with E-state index in [1.165, 1.54) is 24.0 Å². The van der Waals surface area contributed by atoms with Crippen molar-refractivity contribution in [3.8, 4) is 5.75 Å². The first-order valence-corrected chi connectivity index (χ1v) is 7.29. The Kier molecular flexibility index (Phi) is 5.62. The van der Waals surface area contributed by atoms with Crippen molar-refractivity contribution < 1.29 is 9.47 Å². The van der Waals surface area contributed by atoms with Crippen LogP contribution < -0.4 is 4.74 Å². The second-order valence-electron chi connectivity index (χ2n) is 5.47. The molecule has 20 heavy (non-hydrogen) atoms. The van der Waals surface area contributed by atoms with Crippen LogP contribution in [0, 0.1) is 0 Å².